The van der Waals surface area contributed by atoms with E-state index in [9.17, 15) is 5.26 Å². The van der Waals surface area contributed by atoms with Gasteiger partial charge in [0, 0.05) is 16.0 Å². The Bertz CT molecular complexity index is 902. The van der Waals surface area contributed by atoms with Crippen molar-refractivity contribution in [3.05, 3.63) is 75.1 Å². The summed E-state index contributed by atoms with van der Waals surface area (Å²) >= 11 is 7.46. The normalized spacial score (nSPS) is 11.3. The molecule has 3 rings (SSSR count). The summed E-state index contributed by atoms with van der Waals surface area (Å²) in [6, 6.07) is 17.8. The first-order chi connectivity index (χ1) is 11.2. The molecular weight excluding hydrogens is 324 g/mol. The molecule has 2 nitrogen and oxygen atoms in total. The SMILES string of the molecule is Cc1ccc(-c2csc(/C(C#N)=C\c3cccc(Cl)c3)n2)cc1. The van der Waals surface area contributed by atoms with Crippen LogP contribution in [0.3, 0.4) is 0 Å². The van der Waals surface area contributed by atoms with Gasteiger partial charge in [-0.25, -0.2) is 4.98 Å². The molecule has 0 amide bonds. The van der Waals surface area contributed by atoms with Crippen LogP contribution in [-0.4, -0.2) is 4.98 Å². The van der Waals surface area contributed by atoms with E-state index in [4.69, 9.17) is 11.6 Å². The van der Waals surface area contributed by atoms with Gasteiger partial charge in [0.15, 0.2) is 0 Å². The van der Waals surface area contributed by atoms with Gasteiger partial charge in [-0.15, -0.1) is 11.3 Å². The van der Waals surface area contributed by atoms with Gasteiger partial charge in [-0.1, -0.05) is 53.6 Å². The minimum absolute atomic E-state index is 0.538. The average Bonchev–Trinajstić information content (AvgIpc) is 3.03. The van der Waals surface area contributed by atoms with Crippen LogP contribution in [-0.2, 0) is 0 Å². The molecule has 0 saturated carbocycles. The molecule has 0 spiro atoms. The quantitative estimate of drug-likeness (QED) is 0.564. The highest BCUT2D eigenvalue weighted by atomic mass is 35.5. The van der Waals surface area contributed by atoms with Gasteiger partial charge in [-0.2, -0.15) is 5.26 Å². The van der Waals surface area contributed by atoms with E-state index < -0.39 is 0 Å². The molecule has 2 aromatic carbocycles. The number of benzene rings is 2. The summed E-state index contributed by atoms with van der Waals surface area (Å²) in [6.45, 7) is 2.05. The molecule has 0 N–H and O–H groups in total. The molecule has 0 bridgehead atoms. The van der Waals surface area contributed by atoms with Gasteiger partial charge < -0.3 is 0 Å². The lowest BCUT2D eigenvalue weighted by molar-refractivity contribution is 1.36. The van der Waals surface area contributed by atoms with Crippen LogP contribution < -0.4 is 0 Å². The van der Waals surface area contributed by atoms with Crippen molar-refractivity contribution in [2.75, 3.05) is 0 Å². The van der Waals surface area contributed by atoms with E-state index in [0.717, 1.165) is 16.8 Å². The number of aromatic nitrogens is 1. The van der Waals surface area contributed by atoms with Crippen LogP contribution in [0.15, 0.2) is 53.9 Å². The predicted octanol–water partition coefficient (Wildman–Crippen LogP) is 5.84. The van der Waals surface area contributed by atoms with E-state index in [1.807, 2.05) is 47.9 Å². The molecule has 0 aliphatic heterocycles. The molecule has 0 atom stereocenters. The summed E-state index contributed by atoms with van der Waals surface area (Å²) < 4.78 is 0. The van der Waals surface area contributed by atoms with Crippen molar-refractivity contribution < 1.29 is 0 Å². The molecule has 0 fully saturated rings. The van der Waals surface area contributed by atoms with Crippen LogP contribution in [0, 0.1) is 18.3 Å². The Hall–Kier alpha value is -2.41. The molecule has 0 saturated heterocycles. The Morgan fingerprint density at radius 1 is 1.22 bits per heavy atom. The van der Waals surface area contributed by atoms with Gasteiger partial charge in [0.2, 0.25) is 0 Å². The molecule has 1 heterocycles. The van der Waals surface area contributed by atoms with Gasteiger partial charge in [0.1, 0.15) is 11.1 Å². The molecule has 0 aliphatic carbocycles. The summed E-state index contributed by atoms with van der Waals surface area (Å²) in [5.41, 5.74) is 4.58. The van der Waals surface area contributed by atoms with Crippen LogP contribution in [0.4, 0.5) is 0 Å². The first-order valence-electron chi connectivity index (χ1n) is 7.06. The smallest absolute Gasteiger partial charge is 0.134 e. The Balaban J connectivity index is 1.94. The molecule has 4 heteroatoms. The van der Waals surface area contributed by atoms with E-state index in [1.54, 1.807) is 0 Å². The number of halogens is 1. The van der Waals surface area contributed by atoms with Crippen molar-refractivity contribution in [3.8, 4) is 17.3 Å². The predicted molar refractivity (Wildman–Crippen MR) is 97.2 cm³/mol. The number of hydrogen-bond acceptors (Lipinski definition) is 3. The van der Waals surface area contributed by atoms with Gasteiger partial charge in [0.25, 0.3) is 0 Å². The van der Waals surface area contributed by atoms with E-state index in [2.05, 4.69) is 30.1 Å². The molecule has 1 aromatic heterocycles. The highest BCUT2D eigenvalue weighted by molar-refractivity contribution is 7.11. The minimum atomic E-state index is 0.538. The zero-order chi connectivity index (χ0) is 16.2. The maximum Gasteiger partial charge on any atom is 0.134 e. The topological polar surface area (TPSA) is 36.7 Å². The minimum Gasteiger partial charge on any atom is -0.235 e. The number of rotatable bonds is 3. The van der Waals surface area contributed by atoms with Gasteiger partial charge >= 0.3 is 0 Å². The first-order valence-corrected chi connectivity index (χ1v) is 8.32. The summed E-state index contributed by atoms with van der Waals surface area (Å²) in [6.07, 6.45) is 1.81. The maximum atomic E-state index is 9.44. The number of thiazole rings is 1. The second kappa shape index (κ2) is 6.78. The van der Waals surface area contributed by atoms with Crippen LogP contribution in [0.1, 0.15) is 16.1 Å². The van der Waals surface area contributed by atoms with Crippen molar-refractivity contribution in [2.24, 2.45) is 0 Å². The summed E-state index contributed by atoms with van der Waals surface area (Å²) in [7, 11) is 0. The second-order valence-corrected chi connectivity index (χ2v) is 6.42. The van der Waals surface area contributed by atoms with E-state index >= 15 is 0 Å². The summed E-state index contributed by atoms with van der Waals surface area (Å²) in [5.74, 6) is 0. The Labute approximate surface area is 144 Å². The second-order valence-electron chi connectivity index (χ2n) is 5.13. The maximum absolute atomic E-state index is 9.44. The zero-order valence-electron chi connectivity index (χ0n) is 12.5. The van der Waals surface area contributed by atoms with E-state index in [0.29, 0.717) is 15.6 Å². The molecule has 0 aliphatic rings. The monoisotopic (exact) mass is 336 g/mol. The number of aryl methyl sites for hydroxylation is 1. The van der Waals surface area contributed by atoms with Gasteiger partial charge in [0.05, 0.1) is 11.3 Å². The highest BCUT2D eigenvalue weighted by Gasteiger charge is 2.09. The Morgan fingerprint density at radius 3 is 2.70 bits per heavy atom. The molecule has 3 aromatic rings. The lowest BCUT2D eigenvalue weighted by Gasteiger charge is -1.98. The summed E-state index contributed by atoms with van der Waals surface area (Å²) in [5, 5.41) is 12.8. The van der Waals surface area contributed by atoms with Crippen molar-refractivity contribution in [2.45, 2.75) is 6.92 Å². The van der Waals surface area contributed by atoms with Crippen LogP contribution in [0.5, 0.6) is 0 Å². The highest BCUT2D eigenvalue weighted by Crippen LogP contribution is 2.27. The van der Waals surface area contributed by atoms with Gasteiger partial charge in [-0.05, 0) is 30.7 Å². The van der Waals surface area contributed by atoms with Crippen molar-refractivity contribution >= 4 is 34.6 Å². The molecule has 0 radical (unpaired) electrons. The zero-order valence-corrected chi connectivity index (χ0v) is 14.0. The van der Waals surface area contributed by atoms with Crippen LogP contribution >= 0.6 is 22.9 Å². The first kappa shape index (κ1) is 15.5. The third kappa shape index (κ3) is 3.68. The Morgan fingerprint density at radius 2 is 2.00 bits per heavy atom. The number of nitriles is 1. The average molecular weight is 337 g/mol. The fourth-order valence-electron chi connectivity index (χ4n) is 2.16. The van der Waals surface area contributed by atoms with E-state index in [1.165, 1.54) is 16.9 Å². The number of hydrogen-bond donors (Lipinski definition) is 0. The lowest BCUT2D eigenvalue weighted by Crippen LogP contribution is -1.83. The van der Waals surface area contributed by atoms with Crippen molar-refractivity contribution in [1.29, 1.82) is 5.26 Å². The molecule has 23 heavy (non-hydrogen) atoms. The van der Waals surface area contributed by atoms with Crippen molar-refractivity contribution in [3.63, 3.8) is 0 Å². The number of nitrogens with zero attached hydrogens (tertiary/aromatic N) is 2. The fourth-order valence-corrected chi connectivity index (χ4v) is 3.15. The van der Waals surface area contributed by atoms with Crippen LogP contribution in [0.25, 0.3) is 22.9 Å². The fraction of sp³-hybridized carbons (Fsp3) is 0.0526. The number of allylic oxidation sites excluding steroid dienone is 1. The van der Waals surface area contributed by atoms with Crippen molar-refractivity contribution in [1.82, 2.24) is 4.98 Å². The van der Waals surface area contributed by atoms with Crippen LogP contribution in [0.2, 0.25) is 5.02 Å². The lowest BCUT2D eigenvalue weighted by atomic mass is 10.1. The Kier molecular flexibility index (Phi) is 4.57. The van der Waals surface area contributed by atoms with Gasteiger partial charge in [-0.3, -0.25) is 0 Å². The molecule has 0 unspecified atom stereocenters. The largest absolute Gasteiger partial charge is 0.235 e. The molecular formula is C19H13ClN2S. The summed E-state index contributed by atoms with van der Waals surface area (Å²) in [4.78, 5) is 4.59. The third-order valence-electron chi connectivity index (χ3n) is 3.36. The third-order valence-corrected chi connectivity index (χ3v) is 4.47. The standard InChI is InChI=1S/C19H13ClN2S/c1-13-5-7-15(8-6-13)18-12-23-19(22-18)16(11-21)9-14-3-2-4-17(20)10-14/h2-10,12H,1H3/b16-9-. The molecule has 112 valence electrons. The van der Waals surface area contributed by atoms with E-state index in [-0.39, 0.29) is 0 Å².